The Morgan fingerprint density at radius 3 is 1.00 bits per heavy atom. The lowest BCUT2D eigenvalue weighted by atomic mass is 9.99. The zero-order valence-electron chi connectivity index (χ0n) is 8.73. The number of benzene rings is 1. The molecule has 0 N–H and O–H groups in total. The lowest BCUT2D eigenvalue weighted by molar-refractivity contribution is -0.175. The molecule has 0 fully saturated rings. The maximum atomic E-state index is 12.7. The van der Waals surface area contributed by atoms with Crippen LogP contribution in [0.1, 0.15) is 16.7 Å². The Labute approximate surface area is 122 Å². The first-order chi connectivity index (χ1) is 8.67. The predicted molar refractivity (Wildman–Crippen MR) is 56.8 cm³/mol. The van der Waals surface area contributed by atoms with E-state index in [0.29, 0.717) is 0 Å². The summed E-state index contributed by atoms with van der Waals surface area (Å²) in [7, 11) is 0. The van der Waals surface area contributed by atoms with E-state index in [1.54, 1.807) is 0 Å². The number of halogens is 11. The third-order valence-electron chi connectivity index (χ3n) is 2.08. The van der Waals surface area contributed by atoms with Crippen LogP contribution in [0.2, 0.25) is 0 Å². The summed E-state index contributed by atoms with van der Waals surface area (Å²) in [5.41, 5.74) is -7.61. The van der Waals surface area contributed by atoms with Gasteiger partial charge >= 0.3 is 18.5 Å². The molecule has 0 aromatic heterocycles. The van der Waals surface area contributed by atoms with Crippen LogP contribution in [0, 0.1) is 0 Å². The Morgan fingerprint density at radius 2 is 0.800 bits per heavy atom. The standard InChI is InChI=1S/C9HBr2F9/c10-2-1-3(11)5(8(15,16)17)6(9(18,19)20)4(2)7(12,13)14/h1H. The smallest absolute Gasteiger partial charge is 0.166 e. The first-order valence-electron chi connectivity index (χ1n) is 4.41. The Balaban J connectivity index is 3.97. The van der Waals surface area contributed by atoms with Crippen LogP contribution >= 0.6 is 31.9 Å². The predicted octanol–water partition coefficient (Wildman–Crippen LogP) is 6.27. The van der Waals surface area contributed by atoms with Gasteiger partial charge < -0.3 is 0 Å². The van der Waals surface area contributed by atoms with Crippen molar-refractivity contribution in [2.75, 3.05) is 0 Å². The third-order valence-corrected chi connectivity index (χ3v) is 3.33. The topological polar surface area (TPSA) is 0 Å². The fraction of sp³-hybridized carbons (Fsp3) is 0.333. The molecule has 11 heteroatoms. The second kappa shape index (κ2) is 5.08. The molecule has 114 valence electrons. The van der Waals surface area contributed by atoms with Gasteiger partial charge in [0.05, 0.1) is 16.7 Å². The van der Waals surface area contributed by atoms with Gasteiger partial charge in [0, 0.05) is 8.95 Å². The summed E-state index contributed by atoms with van der Waals surface area (Å²) in [6.07, 6.45) is -17.0. The van der Waals surface area contributed by atoms with Crippen LogP contribution in [0.25, 0.3) is 0 Å². The molecular formula is C9HBr2F9. The summed E-state index contributed by atoms with van der Waals surface area (Å²) in [5.74, 6) is 0. The third kappa shape index (κ3) is 3.41. The fourth-order valence-corrected chi connectivity index (χ4v) is 3.07. The van der Waals surface area contributed by atoms with E-state index >= 15 is 0 Å². The van der Waals surface area contributed by atoms with Gasteiger partial charge in [-0.1, -0.05) is 31.9 Å². The molecule has 20 heavy (non-hydrogen) atoms. The second-order valence-corrected chi connectivity index (χ2v) is 5.17. The fourth-order valence-electron chi connectivity index (χ4n) is 1.46. The molecule has 1 aromatic carbocycles. The average molecular weight is 440 g/mol. The molecule has 0 unspecified atom stereocenters. The van der Waals surface area contributed by atoms with Crippen LogP contribution in [0.5, 0.6) is 0 Å². The summed E-state index contributed by atoms with van der Waals surface area (Å²) in [5, 5.41) is 0. The summed E-state index contributed by atoms with van der Waals surface area (Å²) in [6.45, 7) is 0. The first-order valence-corrected chi connectivity index (χ1v) is 5.99. The molecule has 0 nitrogen and oxygen atoms in total. The number of alkyl halides is 9. The minimum absolute atomic E-state index is 0.279. The Hall–Kier alpha value is -0.450. The first kappa shape index (κ1) is 17.6. The number of hydrogen-bond donors (Lipinski definition) is 0. The van der Waals surface area contributed by atoms with Crippen LogP contribution in [0.4, 0.5) is 39.5 Å². The summed E-state index contributed by atoms with van der Waals surface area (Å²) < 4.78 is 112. The van der Waals surface area contributed by atoms with E-state index in [1.807, 2.05) is 0 Å². The van der Waals surface area contributed by atoms with Crippen LogP contribution in [0.15, 0.2) is 15.0 Å². The zero-order chi connectivity index (χ0) is 16.1. The van der Waals surface area contributed by atoms with Gasteiger partial charge in [-0.05, 0) is 6.07 Å². The minimum Gasteiger partial charge on any atom is -0.166 e. The highest BCUT2D eigenvalue weighted by Crippen LogP contribution is 2.51. The lowest BCUT2D eigenvalue weighted by Crippen LogP contribution is -2.24. The van der Waals surface area contributed by atoms with Crippen LogP contribution < -0.4 is 0 Å². The van der Waals surface area contributed by atoms with Gasteiger partial charge in [-0.3, -0.25) is 0 Å². The number of hydrogen-bond acceptors (Lipinski definition) is 0. The van der Waals surface area contributed by atoms with Crippen LogP contribution in [-0.2, 0) is 18.5 Å². The van der Waals surface area contributed by atoms with E-state index in [-0.39, 0.29) is 6.07 Å². The summed E-state index contributed by atoms with van der Waals surface area (Å²) in [6, 6.07) is 0.279. The van der Waals surface area contributed by atoms with E-state index < -0.39 is 44.2 Å². The zero-order valence-corrected chi connectivity index (χ0v) is 11.9. The molecule has 1 aromatic rings. The average Bonchev–Trinajstić information content (AvgIpc) is 2.09. The van der Waals surface area contributed by atoms with Gasteiger partial charge in [0.15, 0.2) is 0 Å². The highest BCUT2D eigenvalue weighted by Gasteiger charge is 2.52. The van der Waals surface area contributed by atoms with Crippen molar-refractivity contribution >= 4 is 31.9 Å². The van der Waals surface area contributed by atoms with Gasteiger partial charge in [0.2, 0.25) is 0 Å². The van der Waals surface area contributed by atoms with Gasteiger partial charge in [-0.2, -0.15) is 39.5 Å². The largest absolute Gasteiger partial charge is 0.418 e. The van der Waals surface area contributed by atoms with Crippen LogP contribution in [-0.4, -0.2) is 0 Å². The van der Waals surface area contributed by atoms with Gasteiger partial charge in [-0.25, -0.2) is 0 Å². The monoisotopic (exact) mass is 438 g/mol. The molecule has 0 radical (unpaired) electrons. The molecule has 0 atom stereocenters. The SMILES string of the molecule is FC(F)(F)c1c(Br)cc(Br)c(C(F)(F)F)c1C(F)(F)F. The second-order valence-electron chi connectivity index (χ2n) is 3.46. The summed E-state index contributed by atoms with van der Waals surface area (Å²) in [4.78, 5) is 0. The van der Waals surface area contributed by atoms with Crippen molar-refractivity contribution in [2.45, 2.75) is 18.5 Å². The Morgan fingerprint density at radius 1 is 0.550 bits per heavy atom. The normalized spacial score (nSPS) is 13.8. The Kier molecular flexibility index (Phi) is 4.47. The molecule has 0 aliphatic carbocycles. The van der Waals surface area contributed by atoms with Gasteiger partial charge in [0.1, 0.15) is 0 Å². The summed E-state index contributed by atoms with van der Waals surface area (Å²) >= 11 is 4.42. The van der Waals surface area contributed by atoms with E-state index in [2.05, 4.69) is 31.9 Å². The van der Waals surface area contributed by atoms with E-state index in [1.165, 1.54) is 0 Å². The molecule has 0 saturated heterocycles. The van der Waals surface area contributed by atoms with Crippen molar-refractivity contribution in [3.63, 3.8) is 0 Å². The molecule has 0 amide bonds. The Bertz CT molecular complexity index is 486. The quantitative estimate of drug-likeness (QED) is 0.418. The van der Waals surface area contributed by atoms with Crippen molar-refractivity contribution < 1.29 is 39.5 Å². The molecule has 1 rings (SSSR count). The molecular weight excluding hydrogens is 439 g/mol. The minimum atomic E-state index is -5.83. The molecule has 0 bridgehead atoms. The maximum absolute atomic E-state index is 12.7. The molecule has 0 heterocycles. The van der Waals surface area contributed by atoms with Crippen molar-refractivity contribution in [1.82, 2.24) is 0 Å². The van der Waals surface area contributed by atoms with Crippen molar-refractivity contribution in [2.24, 2.45) is 0 Å². The highest BCUT2D eigenvalue weighted by atomic mass is 79.9. The van der Waals surface area contributed by atoms with Crippen molar-refractivity contribution in [3.05, 3.63) is 31.7 Å². The van der Waals surface area contributed by atoms with Gasteiger partial charge in [-0.15, -0.1) is 0 Å². The van der Waals surface area contributed by atoms with Crippen LogP contribution in [0.3, 0.4) is 0 Å². The number of rotatable bonds is 0. The lowest BCUT2D eigenvalue weighted by Gasteiger charge is -2.23. The van der Waals surface area contributed by atoms with E-state index in [4.69, 9.17) is 0 Å². The molecule has 0 aliphatic heterocycles. The van der Waals surface area contributed by atoms with Crippen molar-refractivity contribution in [1.29, 1.82) is 0 Å². The molecule has 0 aliphatic rings. The molecule has 0 saturated carbocycles. The van der Waals surface area contributed by atoms with Crippen molar-refractivity contribution in [3.8, 4) is 0 Å². The molecule has 0 spiro atoms. The highest BCUT2D eigenvalue weighted by molar-refractivity contribution is 9.11. The van der Waals surface area contributed by atoms with E-state index in [0.717, 1.165) is 0 Å². The van der Waals surface area contributed by atoms with E-state index in [9.17, 15) is 39.5 Å². The van der Waals surface area contributed by atoms with Gasteiger partial charge in [0.25, 0.3) is 0 Å². The maximum Gasteiger partial charge on any atom is 0.418 e.